The number of thiophene rings is 1. The van der Waals surface area contributed by atoms with Crippen LogP contribution in [0.5, 0.6) is 0 Å². The molecule has 1 aliphatic heterocycles. The summed E-state index contributed by atoms with van der Waals surface area (Å²) in [5.74, 6) is -0.507. The average molecular weight is 428 g/mol. The highest BCUT2D eigenvalue weighted by molar-refractivity contribution is 7.91. The maximum Gasteiger partial charge on any atom is 0.390 e. The van der Waals surface area contributed by atoms with E-state index in [1.807, 2.05) is 6.92 Å². The Kier molecular flexibility index (Phi) is 5.82. The van der Waals surface area contributed by atoms with Gasteiger partial charge in [0.2, 0.25) is 5.91 Å². The van der Waals surface area contributed by atoms with Gasteiger partial charge in [0, 0.05) is 26.2 Å². The predicted octanol–water partition coefficient (Wildman–Crippen LogP) is 1.65. The average Bonchev–Trinajstić information content (AvgIpc) is 3.33. The van der Waals surface area contributed by atoms with Gasteiger partial charge in [-0.25, -0.2) is 8.42 Å². The molecule has 0 bridgehead atoms. The molecule has 28 heavy (non-hydrogen) atoms. The molecule has 0 radical (unpaired) electrons. The molecule has 0 aromatic carbocycles. The summed E-state index contributed by atoms with van der Waals surface area (Å²) >= 11 is 1.17. The number of carbonyl (C=O) groups is 1. The van der Waals surface area contributed by atoms with Gasteiger partial charge in [-0.3, -0.25) is 4.79 Å². The Labute approximate surface area is 166 Å². The van der Waals surface area contributed by atoms with Crippen molar-refractivity contribution in [2.45, 2.75) is 30.5 Å². The van der Waals surface area contributed by atoms with Crippen molar-refractivity contribution in [2.75, 3.05) is 26.2 Å². The van der Waals surface area contributed by atoms with Gasteiger partial charge in [0.1, 0.15) is 4.21 Å². The molecule has 1 saturated heterocycles. The van der Waals surface area contributed by atoms with Gasteiger partial charge < -0.3 is 15.0 Å². The first-order valence-electron chi connectivity index (χ1n) is 8.78. The zero-order chi connectivity index (χ0) is 20.5. The lowest BCUT2D eigenvalue weighted by Crippen LogP contribution is -2.52. The number of amides is 1. The Morgan fingerprint density at radius 1 is 1.36 bits per heavy atom. The third-order valence-corrected chi connectivity index (χ3v) is 7.97. The number of rotatable bonds is 6. The molecule has 12 heteroatoms. The molecule has 1 aliphatic rings. The number of aromatic nitrogens is 2. The van der Waals surface area contributed by atoms with Crippen LogP contribution in [0.2, 0.25) is 0 Å². The van der Waals surface area contributed by atoms with E-state index in [0.29, 0.717) is 12.1 Å². The van der Waals surface area contributed by atoms with Crippen LogP contribution in [0.15, 0.2) is 27.8 Å². The maximum atomic E-state index is 13.0. The van der Waals surface area contributed by atoms with Gasteiger partial charge in [0.15, 0.2) is 6.04 Å². The number of nitrogens with zero attached hydrogens (tertiary/aromatic N) is 5. The van der Waals surface area contributed by atoms with E-state index in [0.717, 1.165) is 0 Å². The Morgan fingerprint density at radius 2 is 2.04 bits per heavy atom. The summed E-state index contributed by atoms with van der Waals surface area (Å²) in [5, 5.41) is 16.6. The fraction of sp³-hybridized carbons (Fsp3) is 0.500. The van der Waals surface area contributed by atoms with Gasteiger partial charge in [0.25, 0.3) is 10.0 Å². The number of aryl methyl sites for hydroxylation is 1. The standard InChI is InChI=1S/C16H21N5O5S2/c1-3-13(20-12(2)11-14(17-20)21(23)24)16(22)18-6-8-19(9-7-18)28(25,26)15-5-4-10-27-15/h4-5,10-11,13H,3,6-9H2,1-2H3. The van der Waals surface area contributed by atoms with Crippen LogP contribution in [-0.2, 0) is 14.8 Å². The second-order valence-corrected chi connectivity index (χ2v) is 9.54. The molecule has 0 N–H and O–H groups in total. The molecule has 1 unspecified atom stereocenters. The molecule has 1 fully saturated rings. The lowest BCUT2D eigenvalue weighted by atomic mass is 10.1. The van der Waals surface area contributed by atoms with Gasteiger partial charge in [-0.2, -0.15) is 8.99 Å². The van der Waals surface area contributed by atoms with E-state index in [-0.39, 0.29) is 42.1 Å². The molecule has 1 amide bonds. The lowest BCUT2D eigenvalue weighted by Gasteiger charge is -2.35. The summed E-state index contributed by atoms with van der Waals surface area (Å²) < 4.78 is 28.3. The molecule has 3 heterocycles. The molecule has 3 rings (SSSR count). The highest BCUT2D eigenvalue weighted by atomic mass is 32.2. The smallest absolute Gasteiger partial charge is 0.358 e. The number of hydrogen-bond donors (Lipinski definition) is 0. The Hall–Kier alpha value is -2.31. The molecule has 1 atom stereocenters. The maximum absolute atomic E-state index is 13.0. The van der Waals surface area contributed by atoms with Crippen LogP contribution in [0.1, 0.15) is 25.1 Å². The van der Waals surface area contributed by atoms with Crippen molar-refractivity contribution in [3.63, 3.8) is 0 Å². The predicted molar refractivity (Wildman–Crippen MR) is 103 cm³/mol. The number of hydrogen-bond acceptors (Lipinski definition) is 7. The van der Waals surface area contributed by atoms with Crippen LogP contribution in [0.4, 0.5) is 5.82 Å². The van der Waals surface area contributed by atoms with Crippen LogP contribution >= 0.6 is 11.3 Å². The molecule has 0 spiro atoms. The van der Waals surface area contributed by atoms with E-state index in [4.69, 9.17) is 0 Å². The third kappa shape index (κ3) is 3.80. The fourth-order valence-electron chi connectivity index (χ4n) is 3.23. The summed E-state index contributed by atoms with van der Waals surface area (Å²) in [6, 6.07) is 3.93. The van der Waals surface area contributed by atoms with Crippen molar-refractivity contribution in [3.05, 3.63) is 39.4 Å². The van der Waals surface area contributed by atoms with E-state index < -0.39 is 21.0 Å². The zero-order valence-electron chi connectivity index (χ0n) is 15.5. The first kappa shape index (κ1) is 20.4. The molecular formula is C16H21N5O5S2. The quantitative estimate of drug-likeness (QED) is 0.511. The third-order valence-electron chi connectivity index (χ3n) is 4.70. The van der Waals surface area contributed by atoms with E-state index in [9.17, 15) is 23.3 Å². The number of sulfonamides is 1. The summed E-state index contributed by atoms with van der Waals surface area (Å²) in [7, 11) is -3.54. The van der Waals surface area contributed by atoms with Crippen LogP contribution in [0.25, 0.3) is 0 Å². The number of piperazine rings is 1. The van der Waals surface area contributed by atoms with Crippen LogP contribution in [0.3, 0.4) is 0 Å². The van der Waals surface area contributed by atoms with Crippen LogP contribution in [0, 0.1) is 17.0 Å². The summed E-state index contributed by atoms with van der Waals surface area (Å²) in [5.41, 5.74) is 0.533. The Balaban J connectivity index is 1.71. The van der Waals surface area contributed by atoms with Gasteiger partial charge in [0.05, 0.1) is 16.9 Å². The SMILES string of the molecule is CCC(C(=O)N1CCN(S(=O)(=O)c2cccs2)CC1)n1nc([N+](=O)[O-])cc1C. The molecular weight excluding hydrogens is 406 g/mol. The molecule has 152 valence electrons. The molecule has 2 aromatic rings. The molecule has 0 aliphatic carbocycles. The first-order valence-corrected chi connectivity index (χ1v) is 11.1. The number of carbonyl (C=O) groups excluding carboxylic acids is 1. The topological polar surface area (TPSA) is 119 Å². The van der Waals surface area contributed by atoms with Crippen molar-refractivity contribution < 1.29 is 18.1 Å². The minimum Gasteiger partial charge on any atom is -0.358 e. The lowest BCUT2D eigenvalue weighted by molar-refractivity contribution is -0.389. The van der Waals surface area contributed by atoms with Gasteiger partial charge >= 0.3 is 5.82 Å². The first-order chi connectivity index (χ1) is 13.3. The largest absolute Gasteiger partial charge is 0.390 e. The van der Waals surface area contributed by atoms with E-state index in [1.54, 1.807) is 29.3 Å². The van der Waals surface area contributed by atoms with Gasteiger partial charge in [-0.1, -0.05) is 13.0 Å². The summed E-state index contributed by atoms with van der Waals surface area (Å²) in [4.78, 5) is 24.9. The van der Waals surface area contributed by atoms with Gasteiger partial charge in [-0.15, -0.1) is 11.3 Å². The van der Waals surface area contributed by atoms with Crippen molar-refractivity contribution in [2.24, 2.45) is 0 Å². The van der Waals surface area contributed by atoms with E-state index in [2.05, 4.69) is 5.10 Å². The van der Waals surface area contributed by atoms with Gasteiger partial charge in [-0.05, 0) is 29.7 Å². The van der Waals surface area contributed by atoms with E-state index in [1.165, 1.54) is 26.4 Å². The van der Waals surface area contributed by atoms with Crippen molar-refractivity contribution in [1.82, 2.24) is 19.0 Å². The van der Waals surface area contributed by atoms with Crippen molar-refractivity contribution >= 4 is 33.1 Å². The minimum atomic E-state index is -3.54. The summed E-state index contributed by atoms with van der Waals surface area (Å²) in [6.45, 7) is 4.43. The molecule has 0 saturated carbocycles. The van der Waals surface area contributed by atoms with Crippen LogP contribution < -0.4 is 0 Å². The highest BCUT2D eigenvalue weighted by Crippen LogP contribution is 2.24. The second-order valence-electron chi connectivity index (χ2n) is 6.43. The monoisotopic (exact) mass is 427 g/mol. The van der Waals surface area contributed by atoms with Crippen molar-refractivity contribution in [3.8, 4) is 0 Å². The summed E-state index contributed by atoms with van der Waals surface area (Å²) in [6.07, 6.45) is 0.423. The normalized spacial score (nSPS) is 16.9. The molecule has 2 aromatic heterocycles. The Morgan fingerprint density at radius 3 is 2.54 bits per heavy atom. The van der Waals surface area contributed by atoms with E-state index >= 15 is 0 Å². The Bertz CT molecular complexity index is 962. The second kappa shape index (κ2) is 7.97. The fourth-order valence-corrected chi connectivity index (χ4v) is 5.79. The molecule has 10 nitrogen and oxygen atoms in total. The zero-order valence-corrected chi connectivity index (χ0v) is 17.1. The number of nitro groups is 1. The minimum absolute atomic E-state index is 0.209. The van der Waals surface area contributed by atoms with Crippen molar-refractivity contribution in [1.29, 1.82) is 0 Å². The highest BCUT2D eigenvalue weighted by Gasteiger charge is 2.35. The van der Waals surface area contributed by atoms with Crippen LogP contribution in [-0.4, -0.2) is 64.4 Å².